The Bertz CT molecular complexity index is 1070. The SMILES string of the molecule is Cc1ccc(Cc2c(C(=O)NCc3cccnc3)sc3ccccc23)cc1. The number of fused-ring (bicyclic) bond motifs is 1. The molecule has 0 aliphatic carbocycles. The molecule has 0 fully saturated rings. The number of pyridine rings is 1. The smallest absolute Gasteiger partial charge is 0.261 e. The Morgan fingerprint density at radius 2 is 1.81 bits per heavy atom. The first-order chi connectivity index (χ1) is 13.2. The fourth-order valence-electron chi connectivity index (χ4n) is 3.13. The van der Waals surface area contributed by atoms with Gasteiger partial charge in [-0.15, -0.1) is 11.3 Å². The number of aromatic nitrogens is 1. The summed E-state index contributed by atoms with van der Waals surface area (Å²) < 4.78 is 1.14. The maximum Gasteiger partial charge on any atom is 0.261 e. The summed E-state index contributed by atoms with van der Waals surface area (Å²) in [5.74, 6) is -0.0258. The molecule has 1 amide bonds. The monoisotopic (exact) mass is 372 g/mol. The number of nitrogens with zero attached hydrogens (tertiary/aromatic N) is 1. The van der Waals surface area contributed by atoms with Gasteiger partial charge in [0.05, 0.1) is 4.88 Å². The molecular formula is C23H20N2OS. The van der Waals surface area contributed by atoms with E-state index in [2.05, 4.69) is 53.6 Å². The molecule has 2 aromatic carbocycles. The van der Waals surface area contributed by atoms with Gasteiger partial charge in [-0.3, -0.25) is 9.78 Å². The Kier molecular flexibility index (Phi) is 4.99. The lowest BCUT2D eigenvalue weighted by atomic mass is 10.0. The van der Waals surface area contributed by atoms with E-state index < -0.39 is 0 Å². The molecule has 0 bridgehead atoms. The number of thiophene rings is 1. The lowest BCUT2D eigenvalue weighted by molar-refractivity contribution is 0.0954. The molecule has 27 heavy (non-hydrogen) atoms. The molecule has 0 atom stereocenters. The summed E-state index contributed by atoms with van der Waals surface area (Å²) in [4.78, 5) is 17.8. The van der Waals surface area contributed by atoms with Crippen molar-refractivity contribution in [2.24, 2.45) is 0 Å². The van der Waals surface area contributed by atoms with Gasteiger partial charge in [0.2, 0.25) is 0 Å². The van der Waals surface area contributed by atoms with Crippen molar-refractivity contribution in [3.05, 3.63) is 100 Å². The molecule has 4 heteroatoms. The number of carbonyl (C=O) groups is 1. The third-order valence-corrected chi connectivity index (χ3v) is 5.79. The molecule has 134 valence electrons. The van der Waals surface area contributed by atoms with Gasteiger partial charge in [-0.05, 0) is 47.6 Å². The molecule has 4 rings (SSSR count). The zero-order valence-corrected chi connectivity index (χ0v) is 15.9. The van der Waals surface area contributed by atoms with Gasteiger partial charge >= 0.3 is 0 Å². The fourth-order valence-corrected chi connectivity index (χ4v) is 4.27. The van der Waals surface area contributed by atoms with Gasteiger partial charge in [-0.1, -0.05) is 54.1 Å². The van der Waals surface area contributed by atoms with E-state index in [-0.39, 0.29) is 5.91 Å². The van der Waals surface area contributed by atoms with Crippen LogP contribution in [-0.4, -0.2) is 10.9 Å². The van der Waals surface area contributed by atoms with E-state index in [1.54, 1.807) is 23.7 Å². The molecule has 0 radical (unpaired) electrons. The van der Waals surface area contributed by atoms with Crippen molar-refractivity contribution in [2.75, 3.05) is 0 Å². The van der Waals surface area contributed by atoms with Gasteiger partial charge in [0.15, 0.2) is 0 Å². The van der Waals surface area contributed by atoms with E-state index in [0.29, 0.717) is 6.54 Å². The summed E-state index contributed by atoms with van der Waals surface area (Å²) in [7, 11) is 0. The highest BCUT2D eigenvalue weighted by atomic mass is 32.1. The normalized spacial score (nSPS) is 10.9. The highest BCUT2D eigenvalue weighted by molar-refractivity contribution is 7.21. The number of hydrogen-bond donors (Lipinski definition) is 1. The first kappa shape index (κ1) is 17.4. The Morgan fingerprint density at radius 1 is 1.00 bits per heavy atom. The second kappa shape index (κ2) is 7.72. The molecule has 0 aliphatic heterocycles. The predicted molar refractivity (Wildman–Crippen MR) is 111 cm³/mol. The number of nitrogens with one attached hydrogen (secondary N) is 1. The van der Waals surface area contributed by atoms with Gasteiger partial charge < -0.3 is 5.32 Å². The van der Waals surface area contributed by atoms with E-state index in [9.17, 15) is 4.79 Å². The maximum atomic E-state index is 12.9. The van der Waals surface area contributed by atoms with Crippen molar-refractivity contribution in [3.63, 3.8) is 0 Å². The number of hydrogen-bond acceptors (Lipinski definition) is 3. The second-order valence-electron chi connectivity index (χ2n) is 6.61. The lowest BCUT2D eigenvalue weighted by Gasteiger charge is -2.07. The molecule has 2 aromatic heterocycles. The molecule has 0 unspecified atom stereocenters. The Hall–Kier alpha value is -2.98. The Morgan fingerprint density at radius 3 is 2.59 bits per heavy atom. The van der Waals surface area contributed by atoms with Crippen LogP contribution in [0.1, 0.15) is 31.9 Å². The predicted octanol–water partition coefficient (Wildman–Crippen LogP) is 5.13. The lowest BCUT2D eigenvalue weighted by Crippen LogP contribution is -2.23. The zero-order valence-electron chi connectivity index (χ0n) is 15.1. The first-order valence-electron chi connectivity index (χ1n) is 8.94. The Labute approximate surface area is 162 Å². The number of aryl methyl sites for hydroxylation is 1. The third-order valence-electron chi connectivity index (χ3n) is 4.58. The minimum Gasteiger partial charge on any atom is -0.347 e. The molecule has 0 spiro atoms. The number of benzene rings is 2. The van der Waals surface area contributed by atoms with Crippen molar-refractivity contribution in [3.8, 4) is 0 Å². The molecule has 0 aliphatic rings. The molecule has 0 saturated heterocycles. The van der Waals surface area contributed by atoms with Crippen LogP contribution < -0.4 is 5.32 Å². The van der Waals surface area contributed by atoms with Crippen LogP contribution in [0.2, 0.25) is 0 Å². The number of amides is 1. The van der Waals surface area contributed by atoms with E-state index >= 15 is 0 Å². The summed E-state index contributed by atoms with van der Waals surface area (Å²) in [6, 6.07) is 20.6. The van der Waals surface area contributed by atoms with Gasteiger partial charge in [0, 0.05) is 23.6 Å². The van der Waals surface area contributed by atoms with E-state index in [4.69, 9.17) is 0 Å². The standard InChI is InChI=1S/C23H20N2OS/c1-16-8-10-17(11-9-16)13-20-19-6-2-3-7-21(19)27-22(20)23(26)25-15-18-5-4-12-24-14-18/h2-12,14H,13,15H2,1H3,(H,25,26). The second-order valence-corrected chi connectivity index (χ2v) is 7.66. The van der Waals surface area contributed by atoms with Crippen LogP contribution in [0, 0.1) is 6.92 Å². The van der Waals surface area contributed by atoms with Crippen LogP contribution in [0.4, 0.5) is 0 Å². The average molecular weight is 372 g/mol. The van der Waals surface area contributed by atoms with Crippen molar-refractivity contribution in [1.29, 1.82) is 0 Å². The molecule has 4 aromatic rings. The van der Waals surface area contributed by atoms with Gasteiger partial charge in [0.25, 0.3) is 5.91 Å². The largest absolute Gasteiger partial charge is 0.347 e. The number of carbonyl (C=O) groups excluding carboxylic acids is 1. The molecular weight excluding hydrogens is 352 g/mol. The average Bonchev–Trinajstić information content (AvgIpc) is 3.07. The molecule has 0 saturated carbocycles. The molecule has 1 N–H and O–H groups in total. The molecule has 3 nitrogen and oxygen atoms in total. The van der Waals surface area contributed by atoms with Crippen molar-refractivity contribution >= 4 is 27.3 Å². The van der Waals surface area contributed by atoms with Crippen molar-refractivity contribution in [1.82, 2.24) is 10.3 Å². The van der Waals surface area contributed by atoms with Crippen LogP contribution in [0.15, 0.2) is 73.1 Å². The van der Waals surface area contributed by atoms with E-state index in [1.807, 2.05) is 24.3 Å². The van der Waals surface area contributed by atoms with Crippen molar-refractivity contribution in [2.45, 2.75) is 19.9 Å². The quantitative estimate of drug-likeness (QED) is 0.528. The van der Waals surface area contributed by atoms with Crippen molar-refractivity contribution < 1.29 is 4.79 Å². The summed E-state index contributed by atoms with van der Waals surface area (Å²) in [5.41, 5.74) is 4.55. The number of rotatable bonds is 5. The van der Waals surface area contributed by atoms with Gasteiger partial charge in [-0.25, -0.2) is 0 Å². The zero-order chi connectivity index (χ0) is 18.6. The van der Waals surface area contributed by atoms with Crippen LogP contribution in [0.5, 0.6) is 0 Å². The summed E-state index contributed by atoms with van der Waals surface area (Å²) in [6.07, 6.45) is 4.26. The topological polar surface area (TPSA) is 42.0 Å². The van der Waals surface area contributed by atoms with E-state index in [0.717, 1.165) is 32.5 Å². The van der Waals surface area contributed by atoms with Crippen LogP contribution >= 0.6 is 11.3 Å². The fraction of sp³-hybridized carbons (Fsp3) is 0.130. The van der Waals surface area contributed by atoms with E-state index in [1.165, 1.54) is 11.1 Å². The minimum atomic E-state index is -0.0258. The molecule has 2 heterocycles. The van der Waals surface area contributed by atoms with Crippen LogP contribution in [0.3, 0.4) is 0 Å². The first-order valence-corrected chi connectivity index (χ1v) is 9.75. The third kappa shape index (κ3) is 3.91. The minimum absolute atomic E-state index is 0.0258. The van der Waals surface area contributed by atoms with Gasteiger partial charge in [0.1, 0.15) is 0 Å². The van der Waals surface area contributed by atoms with Crippen LogP contribution in [-0.2, 0) is 13.0 Å². The summed E-state index contributed by atoms with van der Waals surface area (Å²) in [6.45, 7) is 2.56. The van der Waals surface area contributed by atoms with Gasteiger partial charge in [-0.2, -0.15) is 0 Å². The summed E-state index contributed by atoms with van der Waals surface area (Å²) >= 11 is 1.56. The van der Waals surface area contributed by atoms with Crippen LogP contribution in [0.25, 0.3) is 10.1 Å². The highest BCUT2D eigenvalue weighted by Gasteiger charge is 2.18. The maximum absolute atomic E-state index is 12.9. The Balaban J connectivity index is 1.64. The summed E-state index contributed by atoms with van der Waals surface area (Å²) in [5, 5.41) is 4.20. The highest BCUT2D eigenvalue weighted by Crippen LogP contribution is 2.33.